The minimum atomic E-state index is -0.809. The van der Waals surface area contributed by atoms with E-state index in [-0.39, 0.29) is 16.4 Å². The molecule has 1 fully saturated rings. The third kappa shape index (κ3) is 3.63. The molecule has 8 heteroatoms. The molecule has 2 heterocycles. The normalized spacial score (nSPS) is 18.9. The van der Waals surface area contributed by atoms with Crippen LogP contribution in [-0.4, -0.2) is 60.9 Å². The lowest BCUT2D eigenvalue weighted by Gasteiger charge is -2.24. The molecule has 1 N–H and O–H groups in total. The number of carbonyl (C=O) groups is 2. The first kappa shape index (κ1) is 20.0. The molecule has 0 saturated carbocycles. The average Bonchev–Trinajstić information content (AvgIpc) is 3.27. The Hall–Kier alpha value is -2.77. The van der Waals surface area contributed by atoms with Crippen molar-refractivity contribution in [2.75, 3.05) is 34.3 Å². The van der Waals surface area contributed by atoms with Crippen molar-refractivity contribution in [2.45, 2.75) is 6.04 Å². The molecule has 1 aromatic heterocycles. The number of benzene rings is 1. The molecule has 1 amide bonds. The SMILES string of the molecule is COc1ccc(/C(O)=C2/C(=O)C(=O)N(CCN(C)C)[C@@H]2c2ccco2)cc1Cl. The van der Waals surface area contributed by atoms with Crippen molar-refractivity contribution in [2.24, 2.45) is 0 Å². The van der Waals surface area contributed by atoms with Crippen LogP contribution in [0.1, 0.15) is 17.4 Å². The number of aliphatic hydroxyl groups excluding tert-OH is 1. The molecule has 1 aliphatic heterocycles. The van der Waals surface area contributed by atoms with E-state index in [0.717, 1.165) is 0 Å². The van der Waals surface area contributed by atoms with Crippen molar-refractivity contribution in [3.8, 4) is 5.75 Å². The Morgan fingerprint density at radius 1 is 1.32 bits per heavy atom. The number of furan rings is 1. The standard InChI is InChI=1S/C20H21ClN2O5/c1-22(2)8-9-23-17(15-5-4-10-28-15)16(19(25)20(23)26)18(24)12-6-7-14(27-3)13(21)11-12/h4-7,10-11,17,24H,8-9H2,1-3H3/b18-16-/t17-/m1/s1. The topological polar surface area (TPSA) is 83.2 Å². The van der Waals surface area contributed by atoms with Crippen molar-refractivity contribution >= 4 is 29.1 Å². The Morgan fingerprint density at radius 2 is 2.07 bits per heavy atom. The van der Waals surface area contributed by atoms with Gasteiger partial charge in [0.1, 0.15) is 23.3 Å². The number of hydrogen-bond acceptors (Lipinski definition) is 6. The zero-order valence-corrected chi connectivity index (χ0v) is 16.6. The van der Waals surface area contributed by atoms with E-state index in [4.69, 9.17) is 20.8 Å². The summed E-state index contributed by atoms with van der Waals surface area (Å²) < 4.78 is 10.6. The summed E-state index contributed by atoms with van der Waals surface area (Å²) in [5.74, 6) is -0.906. The van der Waals surface area contributed by atoms with Crippen molar-refractivity contribution in [1.29, 1.82) is 0 Å². The molecule has 3 rings (SSSR count). The van der Waals surface area contributed by atoms with Crippen molar-refractivity contribution < 1.29 is 23.8 Å². The molecule has 1 saturated heterocycles. The number of likely N-dealkylation sites (tertiary alicyclic amines) is 1. The number of carbonyl (C=O) groups excluding carboxylic acids is 2. The van der Waals surface area contributed by atoms with Gasteiger partial charge in [0, 0.05) is 18.7 Å². The summed E-state index contributed by atoms with van der Waals surface area (Å²) in [7, 11) is 5.23. The van der Waals surface area contributed by atoms with E-state index >= 15 is 0 Å². The van der Waals surface area contributed by atoms with Gasteiger partial charge in [0.05, 0.1) is 24.0 Å². The van der Waals surface area contributed by atoms with Gasteiger partial charge in [-0.15, -0.1) is 0 Å². The molecular formula is C20H21ClN2O5. The Labute approximate surface area is 167 Å². The van der Waals surface area contributed by atoms with E-state index in [2.05, 4.69) is 0 Å². The highest BCUT2D eigenvalue weighted by Gasteiger charge is 2.47. The smallest absolute Gasteiger partial charge is 0.295 e. The average molecular weight is 405 g/mol. The van der Waals surface area contributed by atoms with Gasteiger partial charge in [0.2, 0.25) is 0 Å². The molecule has 7 nitrogen and oxygen atoms in total. The van der Waals surface area contributed by atoms with Crippen LogP contribution >= 0.6 is 11.6 Å². The minimum Gasteiger partial charge on any atom is -0.507 e. The molecule has 148 valence electrons. The molecular weight excluding hydrogens is 384 g/mol. The number of Topliss-reactive ketones (excluding diaryl/α,β-unsaturated/α-hetero) is 1. The monoisotopic (exact) mass is 404 g/mol. The number of nitrogens with zero attached hydrogens (tertiary/aromatic N) is 2. The molecule has 2 aromatic rings. The lowest BCUT2D eigenvalue weighted by molar-refractivity contribution is -0.140. The van der Waals surface area contributed by atoms with Crippen molar-refractivity contribution in [1.82, 2.24) is 9.80 Å². The maximum absolute atomic E-state index is 12.8. The van der Waals surface area contributed by atoms with Gasteiger partial charge in [0.15, 0.2) is 0 Å². The predicted molar refractivity (Wildman–Crippen MR) is 104 cm³/mol. The Balaban J connectivity index is 2.10. The molecule has 0 unspecified atom stereocenters. The maximum atomic E-state index is 12.8. The molecule has 0 bridgehead atoms. The summed E-state index contributed by atoms with van der Waals surface area (Å²) in [6.07, 6.45) is 1.46. The molecule has 0 radical (unpaired) electrons. The number of halogens is 1. The number of ether oxygens (including phenoxy) is 1. The van der Waals surface area contributed by atoms with E-state index in [1.807, 2.05) is 19.0 Å². The van der Waals surface area contributed by atoms with E-state index in [1.54, 1.807) is 24.3 Å². The molecule has 0 spiro atoms. The van der Waals surface area contributed by atoms with Gasteiger partial charge in [-0.05, 0) is 44.4 Å². The van der Waals surface area contributed by atoms with Gasteiger partial charge in [0.25, 0.3) is 11.7 Å². The Kier molecular flexibility index (Phi) is 5.76. The lowest BCUT2D eigenvalue weighted by atomic mass is 9.99. The zero-order chi connectivity index (χ0) is 20.4. The summed E-state index contributed by atoms with van der Waals surface area (Å²) in [6.45, 7) is 0.863. The summed E-state index contributed by atoms with van der Waals surface area (Å²) in [6, 6.07) is 7.19. The first-order valence-electron chi connectivity index (χ1n) is 8.65. The third-order valence-electron chi connectivity index (χ3n) is 4.57. The highest BCUT2D eigenvalue weighted by Crippen LogP contribution is 2.40. The van der Waals surface area contributed by atoms with Gasteiger partial charge in [-0.25, -0.2) is 0 Å². The molecule has 1 atom stereocenters. The van der Waals surface area contributed by atoms with Crippen LogP contribution in [0, 0.1) is 0 Å². The van der Waals surface area contributed by atoms with Crippen LogP contribution in [0.25, 0.3) is 5.76 Å². The van der Waals surface area contributed by atoms with Gasteiger partial charge in [-0.1, -0.05) is 11.6 Å². The van der Waals surface area contributed by atoms with Gasteiger partial charge >= 0.3 is 0 Å². The highest BCUT2D eigenvalue weighted by atomic mass is 35.5. The molecule has 28 heavy (non-hydrogen) atoms. The first-order valence-corrected chi connectivity index (χ1v) is 9.03. The summed E-state index contributed by atoms with van der Waals surface area (Å²) in [4.78, 5) is 28.7. The fourth-order valence-corrected chi connectivity index (χ4v) is 3.39. The molecule has 1 aliphatic rings. The van der Waals surface area contributed by atoms with Gasteiger partial charge in [-0.2, -0.15) is 0 Å². The fourth-order valence-electron chi connectivity index (χ4n) is 3.13. The Bertz CT molecular complexity index is 921. The second kappa shape index (κ2) is 8.08. The van der Waals surface area contributed by atoms with Crippen LogP contribution in [0.5, 0.6) is 5.75 Å². The van der Waals surface area contributed by atoms with E-state index in [9.17, 15) is 14.7 Å². The second-order valence-electron chi connectivity index (χ2n) is 6.66. The van der Waals surface area contributed by atoms with Crippen molar-refractivity contribution in [3.63, 3.8) is 0 Å². The van der Waals surface area contributed by atoms with Crippen LogP contribution < -0.4 is 4.74 Å². The summed E-state index contributed by atoms with van der Waals surface area (Å²) in [5.41, 5.74) is 0.285. The second-order valence-corrected chi connectivity index (χ2v) is 7.07. The highest BCUT2D eigenvalue weighted by molar-refractivity contribution is 6.46. The quantitative estimate of drug-likeness (QED) is 0.453. The van der Waals surface area contributed by atoms with Crippen LogP contribution in [0.4, 0.5) is 0 Å². The number of hydrogen-bond donors (Lipinski definition) is 1. The lowest BCUT2D eigenvalue weighted by Crippen LogP contribution is -2.35. The number of likely N-dealkylation sites (N-methyl/N-ethyl adjacent to an activating group) is 1. The van der Waals surface area contributed by atoms with E-state index < -0.39 is 17.7 Å². The van der Waals surface area contributed by atoms with E-state index in [1.165, 1.54) is 24.3 Å². The number of aliphatic hydroxyl groups is 1. The number of amides is 1. The fraction of sp³-hybridized carbons (Fsp3) is 0.300. The molecule has 0 aliphatic carbocycles. The van der Waals surface area contributed by atoms with Gasteiger partial charge < -0.3 is 24.1 Å². The van der Waals surface area contributed by atoms with Crippen LogP contribution in [0.2, 0.25) is 5.02 Å². The predicted octanol–water partition coefficient (Wildman–Crippen LogP) is 2.92. The first-order chi connectivity index (χ1) is 13.3. The number of rotatable bonds is 6. The van der Waals surface area contributed by atoms with Crippen LogP contribution in [0.3, 0.4) is 0 Å². The van der Waals surface area contributed by atoms with Gasteiger partial charge in [-0.3, -0.25) is 9.59 Å². The largest absolute Gasteiger partial charge is 0.507 e. The maximum Gasteiger partial charge on any atom is 0.295 e. The minimum absolute atomic E-state index is 0.0278. The Morgan fingerprint density at radius 3 is 2.64 bits per heavy atom. The molecule has 1 aromatic carbocycles. The van der Waals surface area contributed by atoms with E-state index in [0.29, 0.717) is 30.2 Å². The van der Waals surface area contributed by atoms with Crippen LogP contribution in [-0.2, 0) is 9.59 Å². The summed E-state index contributed by atoms with van der Waals surface area (Å²) in [5, 5.41) is 11.2. The van der Waals surface area contributed by atoms with Crippen LogP contribution in [0.15, 0.2) is 46.6 Å². The third-order valence-corrected chi connectivity index (χ3v) is 4.86. The zero-order valence-electron chi connectivity index (χ0n) is 15.8. The number of methoxy groups -OCH3 is 1. The van der Waals surface area contributed by atoms with Crippen molar-refractivity contribution in [3.05, 3.63) is 58.5 Å². The summed E-state index contributed by atoms with van der Waals surface area (Å²) >= 11 is 6.15. The number of ketones is 1.